The summed E-state index contributed by atoms with van der Waals surface area (Å²) >= 11 is 0. The number of ether oxygens (including phenoxy) is 1. The summed E-state index contributed by atoms with van der Waals surface area (Å²) in [5, 5.41) is 14.0. The van der Waals surface area contributed by atoms with Crippen LogP contribution >= 0.6 is 12.4 Å². The molecule has 2 heterocycles. The molecule has 2 aromatic carbocycles. The first-order valence-corrected chi connectivity index (χ1v) is 14.3. The number of tetrazole rings is 1. The van der Waals surface area contributed by atoms with Gasteiger partial charge in [-0.1, -0.05) is 24.3 Å². The van der Waals surface area contributed by atoms with Crippen LogP contribution in [0, 0.1) is 11.8 Å². The maximum Gasteiger partial charge on any atom is 0.251 e. The number of H-pyrrole nitrogens is 1. The zero-order valence-electron chi connectivity index (χ0n) is 24.1. The smallest absolute Gasteiger partial charge is 0.251 e. The molecule has 226 valence electrons. The normalized spacial score (nSPS) is 17.0. The van der Waals surface area contributed by atoms with Gasteiger partial charge in [0.25, 0.3) is 5.91 Å². The quantitative estimate of drug-likeness (QED) is 0.243. The summed E-state index contributed by atoms with van der Waals surface area (Å²) in [6.07, 6.45) is 5.09. The van der Waals surface area contributed by atoms with E-state index >= 15 is 0 Å². The average Bonchev–Trinajstić information content (AvgIpc) is 3.58. The van der Waals surface area contributed by atoms with Crippen molar-refractivity contribution in [2.24, 2.45) is 23.3 Å². The van der Waals surface area contributed by atoms with Gasteiger partial charge in [0.1, 0.15) is 0 Å². The number of hydrogen-bond acceptors (Lipinski definition) is 9. The fourth-order valence-corrected chi connectivity index (χ4v) is 5.42. The van der Waals surface area contributed by atoms with Gasteiger partial charge in [0, 0.05) is 23.2 Å². The van der Waals surface area contributed by atoms with Crippen LogP contribution in [0.2, 0.25) is 0 Å². The highest BCUT2D eigenvalue weighted by molar-refractivity contribution is 6.17. The van der Waals surface area contributed by atoms with Crippen molar-refractivity contribution in [2.75, 3.05) is 18.1 Å². The van der Waals surface area contributed by atoms with E-state index in [2.05, 4.69) is 25.6 Å². The van der Waals surface area contributed by atoms with Crippen molar-refractivity contribution in [1.82, 2.24) is 25.6 Å². The number of nitrogens with zero attached hydrogens (tertiary/aromatic N) is 5. The van der Waals surface area contributed by atoms with E-state index < -0.39 is 11.9 Å². The van der Waals surface area contributed by atoms with Crippen molar-refractivity contribution in [2.45, 2.75) is 45.1 Å². The number of pyridine rings is 1. The molecule has 0 saturated heterocycles. The van der Waals surface area contributed by atoms with Crippen LogP contribution in [-0.2, 0) is 16.0 Å². The number of hydrogen-bond donors (Lipinski definition) is 3. The SMILES string of the molecule is CCOc1ncccc1-c1ccc(C[C@H](N)C(=O)N(C(=O)C2CCC(CN)CC2)c2ccc(-c3nn[nH]n3)cc2)cc1.Cl. The number of aromatic nitrogens is 5. The summed E-state index contributed by atoms with van der Waals surface area (Å²) in [5.74, 6) is 0.468. The highest BCUT2D eigenvalue weighted by Gasteiger charge is 2.35. The molecular weight excluding hydrogens is 568 g/mol. The van der Waals surface area contributed by atoms with Gasteiger partial charge in [-0.2, -0.15) is 5.21 Å². The van der Waals surface area contributed by atoms with Gasteiger partial charge in [-0.15, -0.1) is 22.6 Å². The van der Waals surface area contributed by atoms with Gasteiger partial charge in [0.05, 0.1) is 18.3 Å². The molecule has 5 rings (SSSR count). The topological polar surface area (TPSA) is 166 Å². The molecule has 5 N–H and O–H groups in total. The fraction of sp³-hybridized carbons (Fsp3) is 0.355. The van der Waals surface area contributed by atoms with Crippen molar-refractivity contribution in [3.63, 3.8) is 0 Å². The molecule has 43 heavy (non-hydrogen) atoms. The van der Waals surface area contributed by atoms with Crippen LogP contribution in [0.1, 0.15) is 38.2 Å². The van der Waals surface area contributed by atoms with E-state index in [9.17, 15) is 9.59 Å². The third-order valence-corrected chi connectivity index (χ3v) is 7.79. The molecule has 1 atom stereocenters. The molecule has 12 heteroatoms. The summed E-state index contributed by atoms with van der Waals surface area (Å²) in [6.45, 7) is 3.04. The maximum atomic E-state index is 13.9. The standard InChI is InChI=1S/C31H36N8O3.ClH/c1-2-42-29-26(4-3-17-34-29)22-9-5-20(6-10-22)18-27(33)31(41)39(30(40)24-11-7-21(19-32)8-12-24)25-15-13-23(14-16-25)28-35-37-38-36-28;/h3-6,9-10,13-17,21,24,27H,2,7-8,11-12,18-19,32-33H2,1H3,(H,35,36,37,38);1H/t21?,24?,27-;/m0./s1. The fourth-order valence-electron chi connectivity index (χ4n) is 5.42. The van der Waals surface area contributed by atoms with Crippen molar-refractivity contribution in [3.8, 4) is 28.4 Å². The van der Waals surface area contributed by atoms with Crippen LogP contribution in [0.15, 0.2) is 66.9 Å². The Morgan fingerprint density at radius 1 is 1.02 bits per heavy atom. The Balaban J connectivity index is 0.00000423. The maximum absolute atomic E-state index is 13.9. The van der Waals surface area contributed by atoms with Crippen LogP contribution in [-0.4, -0.2) is 56.6 Å². The Bertz CT molecular complexity index is 1470. The van der Waals surface area contributed by atoms with Crippen LogP contribution in [0.4, 0.5) is 5.69 Å². The second kappa shape index (κ2) is 14.8. The number of halogens is 1. The Hall–Kier alpha value is -4.19. The van der Waals surface area contributed by atoms with E-state index in [1.165, 1.54) is 4.90 Å². The Morgan fingerprint density at radius 2 is 1.72 bits per heavy atom. The number of carbonyl (C=O) groups is 2. The number of amides is 2. The third kappa shape index (κ3) is 7.42. The first-order chi connectivity index (χ1) is 20.5. The zero-order valence-corrected chi connectivity index (χ0v) is 24.9. The molecule has 0 unspecified atom stereocenters. The van der Waals surface area contributed by atoms with E-state index in [4.69, 9.17) is 16.2 Å². The molecule has 0 bridgehead atoms. The van der Waals surface area contributed by atoms with Gasteiger partial charge in [0.15, 0.2) is 0 Å². The Morgan fingerprint density at radius 3 is 2.35 bits per heavy atom. The Kier molecular flexibility index (Phi) is 10.9. The van der Waals surface area contributed by atoms with Gasteiger partial charge in [-0.25, -0.2) is 9.88 Å². The number of benzene rings is 2. The van der Waals surface area contributed by atoms with Gasteiger partial charge in [-0.05, 0) is 104 Å². The molecule has 11 nitrogen and oxygen atoms in total. The first kappa shape index (κ1) is 31.7. The van der Waals surface area contributed by atoms with E-state index in [0.717, 1.165) is 29.5 Å². The molecule has 0 radical (unpaired) electrons. The van der Waals surface area contributed by atoms with Crippen molar-refractivity contribution in [3.05, 3.63) is 72.4 Å². The summed E-state index contributed by atoms with van der Waals surface area (Å²) < 4.78 is 5.67. The van der Waals surface area contributed by atoms with E-state index in [1.807, 2.05) is 43.3 Å². The predicted molar refractivity (Wildman–Crippen MR) is 166 cm³/mol. The van der Waals surface area contributed by atoms with Crippen LogP contribution < -0.4 is 21.1 Å². The number of aromatic amines is 1. The monoisotopic (exact) mass is 604 g/mol. The lowest BCUT2D eigenvalue weighted by molar-refractivity contribution is -0.130. The summed E-state index contributed by atoms with van der Waals surface area (Å²) in [5.41, 5.74) is 16.2. The van der Waals surface area contributed by atoms with Gasteiger partial charge >= 0.3 is 0 Å². The second-order valence-electron chi connectivity index (χ2n) is 10.5. The molecule has 4 aromatic rings. The van der Waals surface area contributed by atoms with Crippen LogP contribution in [0.5, 0.6) is 5.88 Å². The number of carbonyl (C=O) groups excluding carboxylic acids is 2. The van der Waals surface area contributed by atoms with E-state index in [-0.39, 0.29) is 30.7 Å². The van der Waals surface area contributed by atoms with E-state index in [1.54, 1.807) is 30.5 Å². The third-order valence-electron chi connectivity index (χ3n) is 7.79. The van der Waals surface area contributed by atoms with Crippen molar-refractivity contribution < 1.29 is 14.3 Å². The number of imide groups is 1. The molecule has 2 amide bonds. The minimum Gasteiger partial charge on any atom is -0.478 e. The minimum atomic E-state index is -0.922. The zero-order chi connectivity index (χ0) is 29.5. The molecule has 2 aromatic heterocycles. The number of nitrogens with one attached hydrogen (secondary N) is 1. The van der Waals surface area contributed by atoms with Crippen LogP contribution in [0.25, 0.3) is 22.5 Å². The van der Waals surface area contributed by atoms with E-state index in [0.29, 0.717) is 54.9 Å². The lowest BCUT2D eigenvalue weighted by atomic mass is 9.81. The largest absolute Gasteiger partial charge is 0.478 e. The molecule has 0 aliphatic heterocycles. The minimum absolute atomic E-state index is 0. The number of rotatable bonds is 10. The second-order valence-corrected chi connectivity index (χ2v) is 10.5. The van der Waals surface area contributed by atoms with Crippen molar-refractivity contribution >= 4 is 29.9 Å². The molecular formula is C31H37ClN8O3. The van der Waals surface area contributed by atoms with Crippen molar-refractivity contribution in [1.29, 1.82) is 0 Å². The molecule has 1 aliphatic carbocycles. The van der Waals surface area contributed by atoms with Crippen LogP contribution in [0.3, 0.4) is 0 Å². The van der Waals surface area contributed by atoms with Gasteiger partial charge < -0.3 is 16.2 Å². The summed E-state index contributed by atoms with van der Waals surface area (Å²) in [7, 11) is 0. The summed E-state index contributed by atoms with van der Waals surface area (Å²) in [4.78, 5) is 33.3. The molecule has 1 aliphatic rings. The molecule has 1 fully saturated rings. The predicted octanol–water partition coefficient (Wildman–Crippen LogP) is 3.94. The average molecular weight is 605 g/mol. The lowest BCUT2D eigenvalue weighted by Gasteiger charge is -2.32. The number of nitrogens with two attached hydrogens (primary N) is 2. The lowest BCUT2D eigenvalue weighted by Crippen LogP contribution is -2.50. The van der Waals surface area contributed by atoms with Gasteiger partial charge in [0.2, 0.25) is 17.6 Å². The Labute approximate surface area is 256 Å². The number of anilines is 1. The first-order valence-electron chi connectivity index (χ1n) is 14.3. The highest BCUT2D eigenvalue weighted by Crippen LogP contribution is 2.32. The highest BCUT2D eigenvalue weighted by atomic mass is 35.5. The molecule has 0 spiro atoms. The van der Waals surface area contributed by atoms with Gasteiger partial charge in [-0.3, -0.25) is 9.59 Å². The summed E-state index contributed by atoms with van der Waals surface area (Å²) in [6, 6.07) is 17.7. The molecule has 1 saturated carbocycles.